The Kier molecular flexibility index (Phi) is 6.22. The van der Waals surface area contributed by atoms with E-state index in [-0.39, 0.29) is 18.0 Å². The second-order valence-electron chi connectivity index (χ2n) is 7.36. The normalized spacial score (nSPS) is 10.7. The lowest BCUT2D eigenvalue weighted by molar-refractivity contribution is 0.0472. The van der Waals surface area contributed by atoms with Gasteiger partial charge in [-0.25, -0.2) is 4.79 Å². The first-order valence-corrected chi connectivity index (χ1v) is 10.2. The van der Waals surface area contributed by atoms with Crippen LogP contribution in [0.3, 0.4) is 0 Å². The maximum Gasteiger partial charge on any atom is 0.342 e. The molecule has 0 aliphatic carbocycles. The number of nitrogens with zero attached hydrogens (tertiary/aromatic N) is 1. The number of carbonyl (C=O) groups excluding carboxylic acids is 2. The molecule has 0 spiro atoms. The summed E-state index contributed by atoms with van der Waals surface area (Å²) >= 11 is 0. The number of Topliss-reactive ketones (excluding diaryl/α,β-unsaturated/α-hetero) is 1. The van der Waals surface area contributed by atoms with E-state index in [1.54, 1.807) is 48.7 Å². The lowest BCUT2D eigenvalue weighted by Gasteiger charge is -2.11. The number of aryl methyl sites for hydroxylation is 1. The summed E-state index contributed by atoms with van der Waals surface area (Å²) in [6.07, 6.45) is 1.62. The average Bonchev–Trinajstić information content (AvgIpc) is 3.42. The molecule has 2 aromatic heterocycles. The molecule has 0 saturated heterocycles. The third-order valence-electron chi connectivity index (χ3n) is 5.18. The van der Waals surface area contributed by atoms with Gasteiger partial charge in [0.05, 0.1) is 12.8 Å². The SMILES string of the molecule is Cc1cc(C(=O)COC(=O)c2ccccc2Oc2ccccc2)c(C)n1Cc1ccco1. The molecule has 0 aliphatic heterocycles. The highest BCUT2D eigenvalue weighted by Crippen LogP contribution is 2.26. The summed E-state index contributed by atoms with van der Waals surface area (Å²) in [7, 11) is 0. The molecule has 0 saturated carbocycles. The standard InChI is InChI=1S/C26H23NO5/c1-18-15-23(19(2)27(18)16-21-11-8-14-30-21)24(28)17-31-26(29)22-12-6-7-13-25(22)32-20-9-4-3-5-10-20/h3-15H,16-17H2,1-2H3. The van der Waals surface area contributed by atoms with Crippen LogP contribution in [-0.2, 0) is 11.3 Å². The van der Waals surface area contributed by atoms with Crippen LogP contribution in [-0.4, -0.2) is 22.9 Å². The minimum atomic E-state index is -0.616. The van der Waals surface area contributed by atoms with Crippen LogP contribution in [0.25, 0.3) is 0 Å². The molecule has 0 atom stereocenters. The number of ketones is 1. The zero-order valence-corrected chi connectivity index (χ0v) is 17.9. The molecule has 0 aliphatic rings. The maximum absolute atomic E-state index is 12.8. The van der Waals surface area contributed by atoms with Crippen molar-refractivity contribution < 1.29 is 23.5 Å². The van der Waals surface area contributed by atoms with Gasteiger partial charge >= 0.3 is 5.97 Å². The second kappa shape index (κ2) is 9.39. The fourth-order valence-corrected chi connectivity index (χ4v) is 3.51. The molecule has 0 fully saturated rings. The van der Waals surface area contributed by atoms with Crippen LogP contribution in [0, 0.1) is 13.8 Å². The van der Waals surface area contributed by atoms with E-state index in [0.29, 0.717) is 23.6 Å². The molecule has 4 aromatic rings. The van der Waals surface area contributed by atoms with Crippen molar-refractivity contribution in [2.75, 3.05) is 6.61 Å². The zero-order chi connectivity index (χ0) is 22.5. The predicted octanol–water partition coefficient (Wildman–Crippen LogP) is 5.58. The Balaban J connectivity index is 1.44. The van der Waals surface area contributed by atoms with E-state index in [0.717, 1.165) is 17.1 Å². The van der Waals surface area contributed by atoms with Crippen LogP contribution < -0.4 is 4.74 Å². The van der Waals surface area contributed by atoms with Crippen molar-refractivity contribution >= 4 is 11.8 Å². The van der Waals surface area contributed by atoms with Crippen molar-refractivity contribution in [1.29, 1.82) is 0 Å². The minimum Gasteiger partial charge on any atom is -0.467 e. The average molecular weight is 429 g/mol. The molecule has 2 aromatic carbocycles. The maximum atomic E-state index is 12.8. The van der Waals surface area contributed by atoms with Gasteiger partial charge in [0.2, 0.25) is 5.78 Å². The first kappa shape index (κ1) is 21.2. The fourth-order valence-electron chi connectivity index (χ4n) is 3.51. The Morgan fingerprint density at radius 1 is 0.906 bits per heavy atom. The Morgan fingerprint density at radius 2 is 1.66 bits per heavy atom. The summed E-state index contributed by atoms with van der Waals surface area (Å²) in [5.41, 5.74) is 2.51. The van der Waals surface area contributed by atoms with Gasteiger partial charge in [-0.05, 0) is 56.3 Å². The number of esters is 1. The molecule has 0 amide bonds. The number of hydrogen-bond donors (Lipinski definition) is 0. The molecular formula is C26H23NO5. The van der Waals surface area contributed by atoms with Crippen molar-refractivity contribution in [3.8, 4) is 11.5 Å². The Labute approximate surface area is 186 Å². The van der Waals surface area contributed by atoms with Crippen molar-refractivity contribution in [3.63, 3.8) is 0 Å². The van der Waals surface area contributed by atoms with E-state index in [9.17, 15) is 9.59 Å². The number of rotatable bonds is 8. The summed E-state index contributed by atoms with van der Waals surface area (Å²) < 4.78 is 18.6. The summed E-state index contributed by atoms with van der Waals surface area (Å²) in [4.78, 5) is 25.5. The molecular weight excluding hydrogens is 406 g/mol. The number of aromatic nitrogens is 1. The third-order valence-corrected chi connectivity index (χ3v) is 5.18. The van der Waals surface area contributed by atoms with Gasteiger partial charge in [-0.3, -0.25) is 4.79 Å². The van der Waals surface area contributed by atoms with Crippen LogP contribution in [0.4, 0.5) is 0 Å². The summed E-state index contributed by atoms with van der Waals surface area (Å²) in [5.74, 6) is 0.890. The van der Waals surface area contributed by atoms with Crippen LogP contribution in [0.15, 0.2) is 83.5 Å². The van der Waals surface area contributed by atoms with Crippen LogP contribution in [0.5, 0.6) is 11.5 Å². The molecule has 0 unspecified atom stereocenters. The quantitative estimate of drug-likeness (QED) is 0.270. The lowest BCUT2D eigenvalue weighted by Crippen LogP contribution is -2.15. The zero-order valence-electron chi connectivity index (χ0n) is 17.9. The van der Waals surface area contributed by atoms with E-state index >= 15 is 0 Å². The highest BCUT2D eigenvalue weighted by atomic mass is 16.5. The van der Waals surface area contributed by atoms with Crippen molar-refractivity contribution in [2.45, 2.75) is 20.4 Å². The number of para-hydroxylation sites is 2. The molecule has 0 radical (unpaired) electrons. The minimum absolute atomic E-state index is 0.257. The van der Waals surface area contributed by atoms with Gasteiger partial charge in [0.15, 0.2) is 6.61 Å². The van der Waals surface area contributed by atoms with Crippen LogP contribution >= 0.6 is 0 Å². The largest absolute Gasteiger partial charge is 0.467 e. The van der Waals surface area contributed by atoms with E-state index < -0.39 is 5.97 Å². The van der Waals surface area contributed by atoms with E-state index in [1.807, 2.05) is 48.7 Å². The van der Waals surface area contributed by atoms with Gasteiger partial charge in [-0.15, -0.1) is 0 Å². The van der Waals surface area contributed by atoms with Gasteiger partial charge in [0.1, 0.15) is 22.8 Å². The lowest BCUT2D eigenvalue weighted by atomic mass is 10.1. The Hall–Kier alpha value is -4.06. The van der Waals surface area contributed by atoms with Crippen molar-refractivity contribution in [2.24, 2.45) is 0 Å². The van der Waals surface area contributed by atoms with Crippen LogP contribution in [0.1, 0.15) is 37.9 Å². The van der Waals surface area contributed by atoms with Crippen LogP contribution in [0.2, 0.25) is 0 Å². The first-order chi connectivity index (χ1) is 15.5. The molecule has 2 heterocycles. The van der Waals surface area contributed by atoms with Gasteiger partial charge < -0.3 is 18.5 Å². The number of hydrogen-bond acceptors (Lipinski definition) is 5. The molecule has 6 heteroatoms. The molecule has 0 bridgehead atoms. The number of furan rings is 1. The van der Waals surface area contributed by atoms with E-state index in [4.69, 9.17) is 13.9 Å². The summed E-state index contributed by atoms with van der Waals surface area (Å²) in [6.45, 7) is 3.97. The molecule has 32 heavy (non-hydrogen) atoms. The molecule has 0 N–H and O–H groups in total. The highest BCUT2D eigenvalue weighted by Gasteiger charge is 2.20. The highest BCUT2D eigenvalue weighted by molar-refractivity contribution is 6.01. The molecule has 6 nitrogen and oxygen atoms in total. The fraction of sp³-hybridized carbons (Fsp3) is 0.154. The van der Waals surface area contributed by atoms with Crippen molar-refractivity contribution in [3.05, 3.63) is 107 Å². The van der Waals surface area contributed by atoms with Gasteiger partial charge in [0, 0.05) is 17.0 Å². The van der Waals surface area contributed by atoms with Gasteiger partial charge in [-0.2, -0.15) is 0 Å². The predicted molar refractivity (Wildman–Crippen MR) is 119 cm³/mol. The number of benzene rings is 2. The monoisotopic (exact) mass is 429 g/mol. The van der Waals surface area contributed by atoms with Gasteiger partial charge in [0.25, 0.3) is 0 Å². The second-order valence-corrected chi connectivity index (χ2v) is 7.36. The Bertz CT molecular complexity index is 1220. The summed E-state index contributed by atoms with van der Waals surface area (Å²) in [5, 5.41) is 0. The Morgan fingerprint density at radius 3 is 2.41 bits per heavy atom. The first-order valence-electron chi connectivity index (χ1n) is 10.2. The van der Waals surface area contributed by atoms with Crippen molar-refractivity contribution in [1.82, 2.24) is 4.57 Å². The smallest absolute Gasteiger partial charge is 0.342 e. The van der Waals surface area contributed by atoms with E-state index in [2.05, 4.69) is 0 Å². The third kappa shape index (κ3) is 4.64. The topological polar surface area (TPSA) is 70.7 Å². The molecule has 162 valence electrons. The molecule has 4 rings (SSSR count). The van der Waals surface area contributed by atoms with Gasteiger partial charge in [-0.1, -0.05) is 30.3 Å². The summed E-state index contributed by atoms with van der Waals surface area (Å²) in [6, 6.07) is 21.5. The van der Waals surface area contributed by atoms with E-state index in [1.165, 1.54) is 0 Å². The number of ether oxygens (including phenoxy) is 2. The number of carbonyl (C=O) groups is 2.